The van der Waals surface area contributed by atoms with Gasteiger partial charge >= 0.3 is 0 Å². The molecule has 0 aliphatic carbocycles. The van der Waals surface area contributed by atoms with E-state index >= 15 is 0 Å². The third-order valence-electron chi connectivity index (χ3n) is 0. The average Bonchev–Trinajstić information content (AvgIpc) is 1.39. The van der Waals surface area contributed by atoms with Crippen LogP contribution in [-0.2, 0) is 37.1 Å². The van der Waals surface area contributed by atoms with E-state index in [1.54, 1.807) is 0 Å². The van der Waals surface area contributed by atoms with E-state index in [0.29, 0.717) is 0 Å². The van der Waals surface area contributed by atoms with Gasteiger partial charge in [0.2, 0.25) is 0 Å². The predicted octanol–water partition coefficient (Wildman–Crippen LogP) is 1.84. The Kier molecular flexibility index (Phi) is 101. The van der Waals surface area contributed by atoms with Crippen molar-refractivity contribution < 1.29 is 37.1 Å². The second-order valence-electron chi connectivity index (χ2n) is 1.00. The van der Waals surface area contributed by atoms with Crippen molar-refractivity contribution >= 4 is 17.2 Å². The molecule has 0 unspecified atom stereocenters. The van der Waals surface area contributed by atoms with Gasteiger partial charge in [-0.1, -0.05) is 0 Å². The quantitative estimate of drug-likeness (QED) is 0.553. The van der Waals surface area contributed by atoms with E-state index in [1.807, 2.05) is 0 Å². The van der Waals surface area contributed by atoms with Crippen molar-refractivity contribution in [3.63, 3.8) is 0 Å². The minimum Gasteiger partial charge on any atom is -0.129 e. The first-order chi connectivity index (χ1) is 2.83. The molecule has 0 aromatic rings. The van der Waals surface area contributed by atoms with Crippen LogP contribution in [-0.4, -0.2) is 26.7 Å². The summed E-state index contributed by atoms with van der Waals surface area (Å²) in [6.07, 6.45) is 0. The second-order valence-corrected chi connectivity index (χ2v) is 3.00. The smallest absolute Gasteiger partial charge is 0 e. The molecule has 0 saturated heterocycles. The van der Waals surface area contributed by atoms with Crippen molar-refractivity contribution in [2.75, 3.05) is 26.7 Å². The monoisotopic (exact) mass is 226 g/mol. The predicted molar refractivity (Wildman–Crippen MR) is 40.3 cm³/mol. The van der Waals surface area contributed by atoms with Crippen molar-refractivity contribution in [1.29, 1.82) is 0 Å². The number of rotatable bonds is 0. The molecule has 0 aromatic heterocycles. The number of hydrogen-bond acceptors (Lipinski definition) is 0. The van der Waals surface area contributed by atoms with Crippen LogP contribution >= 0.6 is 17.2 Å². The molecule has 2 radical (unpaired) electrons. The molecule has 4 heteroatoms. The van der Waals surface area contributed by atoms with Gasteiger partial charge in [0, 0.05) is 37.1 Å². The van der Waals surface area contributed by atoms with E-state index in [-0.39, 0.29) is 37.1 Å². The van der Waals surface area contributed by atoms with Gasteiger partial charge in [0.1, 0.15) is 0 Å². The largest absolute Gasteiger partial charge is 0.129 e. The first kappa shape index (κ1) is 22.5. The minimum absolute atomic E-state index is 0. The van der Waals surface area contributed by atoms with Crippen molar-refractivity contribution in [1.82, 2.24) is 0 Å². The molecular formula is C4H14P2V2. The maximum absolute atomic E-state index is 2.15. The van der Waals surface area contributed by atoms with Gasteiger partial charge < -0.3 is 0 Å². The Morgan fingerprint density at radius 1 is 0.625 bits per heavy atom. The van der Waals surface area contributed by atoms with Crippen LogP contribution in [0.1, 0.15) is 0 Å². The van der Waals surface area contributed by atoms with Gasteiger partial charge in [-0.15, -0.1) is 17.2 Å². The molecule has 0 bridgehead atoms. The fourth-order valence-corrected chi connectivity index (χ4v) is 0. The van der Waals surface area contributed by atoms with Crippen molar-refractivity contribution in [3.8, 4) is 0 Å². The van der Waals surface area contributed by atoms with Crippen molar-refractivity contribution in [3.05, 3.63) is 0 Å². The molecule has 0 nitrogen and oxygen atoms in total. The van der Waals surface area contributed by atoms with Crippen LogP contribution in [0.3, 0.4) is 0 Å². The molecule has 0 saturated carbocycles. The van der Waals surface area contributed by atoms with Crippen LogP contribution in [0.4, 0.5) is 0 Å². The van der Waals surface area contributed by atoms with Gasteiger partial charge in [-0.3, -0.25) is 0 Å². The maximum atomic E-state index is 2.15. The molecule has 0 atom stereocenters. The van der Waals surface area contributed by atoms with Crippen LogP contribution in [0.2, 0.25) is 0 Å². The maximum Gasteiger partial charge on any atom is 0 e. The first-order valence-electron chi connectivity index (χ1n) is 2.00. The van der Waals surface area contributed by atoms with Gasteiger partial charge in [-0.05, 0) is 26.7 Å². The molecule has 50 valence electrons. The molecule has 0 heterocycles. The summed E-state index contributed by atoms with van der Waals surface area (Å²) in [7, 11) is 2.17. The SMILES string of the molecule is CPC.CPC.[V].[V]. The normalized spacial score (nSPS) is 4.50. The Bertz CT molecular complexity index is 14.0. The van der Waals surface area contributed by atoms with Gasteiger partial charge in [0.15, 0.2) is 0 Å². The van der Waals surface area contributed by atoms with Crippen LogP contribution in [0.5, 0.6) is 0 Å². The summed E-state index contributed by atoms with van der Waals surface area (Å²) in [4.78, 5) is 0. The van der Waals surface area contributed by atoms with Gasteiger partial charge in [0.05, 0.1) is 0 Å². The van der Waals surface area contributed by atoms with E-state index in [2.05, 4.69) is 26.7 Å². The fourth-order valence-electron chi connectivity index (χ4n) is 0. The molecule has 0 aliphatic heterocycles. The summed E-state index contributed by atoms with van der Waals surface area (Å²) >= 11 is 0. The summed E-state index contributed by atoms with van der Waals surface area (Å²) in [5, 5.41) is 0. The molecule has 0 N–H and O–H groups in total. The summed E-state index contributed by atoms with van der Waals surface area (Å²) in [5.41, 5.74) is 0. The molecule has 0 rings (SSSR count). The molecule has 0 aliphatic rings. The van der Waals surface area contributed by atoms with Crippen molar-refractivity contribution in [2.24, 2.45) is 0 Å². The first-order valence-corrected chi connectivity index (χ1v) is 6.00. The molecule has 8 heavy (non-hydrogen) atoms. The number of hydrogen-bond donors (Lipinski definition) is 0. The molecular weight excluding hydrogens is 212 g/mol. The molecule has 0 amide bonds. The zero-order chi connectivity index (χ0) is 5.41. The van der Waals surface area contributed by atoms with Gasteiger partial charge in [-0.25, -0.2) is 0 Å². The second kappa shape index (κ2) is 35.9. The molecule has 0 fully saturated rings. The topological polar surface area (TPSA) is 0 Å². The molecule has 0 aromatic carbocycles. The zero-order valence-electron chi connectivity index (χ0n) is 5.89. The van der Waals surface area contributed by atoms with E-state index in [9.17, 15) is 0 Å². The van der Waals surface area contributed by atoms with E-state index in [0.717, 1.165) is 17.2 Å². The van der Waals surface area contributed by atoms with Gasteiger partial charge in [0.25, 0.3) is 0 Å². The summed E-state index contributed by atoms with van der Waals surface area (Å²) < 4.78 is 0. The zero-order valence-corrected chi connectivity index (χ0v) is 10.7. The Morgan fingerprint density at radius 3 is 0.625 bits per heavy atom. The minimum atomic E-state index is 0. The van der Waals surface area contributed by atoms with Crippen molar-refractivity contribution in [2.45, 2.75) is 0 Å². The van der Waals surface area contributed by atoms with E-state index in [1.165, 1.54) is 0 Å². The third kappa shape index (κ3) is 96.4. The standard InChI is InChI=1S/2C2H7P.2V/c2*1-3-2;;/h2*3H,1-2H3;;. The fraction of sp³-hybridized carbons (Fsp3) is 1.00. The van der Waals surface area contributed by atoms with Gasteiger partial charge in [-0.2, -0.15) is 0 Å². The Balaban J connectivity index is -0.0000000160. The average molecular weight is 226 g/mol. The van der Waals surface area contributed by atoms with Crippen LogP contribution in [0, 0.1) is 0 Å². The summed E-state index contributed by atoms with van der Waals surface area (Å²) in [6.45, 7) is 8.61. The van der Waals surface area contributed by atoms with E-state index in [4.69, 9.17) is 0 Å². The summed E-state index contributed by atoms with van der Waals surface area (Å²) in [6, 6.07) is 0. The third-order valence-corrected chi connectivity index (χ3v) is 0. The Labute approximate surface area is 80.7 Å². The van der Waals surface area contributed by atoms with E-state index < -0.39 is 0 Å². The Morgan fingerprint density at radius 2 is 0.625 bits per heavy atom. The molecule has 0 spiro atoms. The summed E-state index contributed by atoms with van der Waals surface area (Å²) in [5.74, 6) is 0. The van der Waals surface area contributed by atoms with Crippen LogP contribution in [0.25, 0.3) is 0 Å². The van der Waals surface area contributed by atoms with Crippen LogP contribution in [0.15, 0.2) is 0 Å². The van der Waals surface area contributed by atoms with Crippen LogP contribution < -0.4 is 0 Å². The Hall–Kier alpha value is 2.03.